The van der Waals surface area contributed by atoms with Gasteiger partial charge >= 0.3 is 0 Å². The maximum Gasteiger partial charge on any atom is 0.236 e. The van der Waals surface area contributed by atoms with Gasteiger partial charge in [-0.3, -0.25) is 9.69 Å². The molecule has 1 heterocycles. The molecule has 0 aliphatic carbocycles. The second-order valence-corrected chi connectivity index (χ2v) is 4.83. The normalized spacial score (nSPS) is 15.9. The SMILES string of the molecule is CN1CCN(Cc2ccc(F)cc2C#CCN)CC1=O. The van der Waals surface area contributed by atoms with Gasteiger partial charge in [0.2, 0.25) is 5.91 Å². The van der Waals surface area contributed by atoms with Gasteiger partial charge in [0.05, 0.1) is 13.1 Å². The molecule has 0 spiro atoms. The zero-order valence-electron chi connectivity index (χ0n) is 11.5. The van der Waals surface area contributed by atoms with Crippen molar-refractivity contribution in [1.29, 1.82) is 0 Å². The van der Waals surface area contributed by atoms with Crippen molar-refractivity contribution >= 4 is 5.91 Å². The number of hydrogen-bond donors (Lipinski definition) is 1. The zero-order valence-corrected chi connectivity index (χ0v) is 11.5. The van der Waals surface area contributed by atoms with Crippen LogP contribution in [0, 0.1) is 17.7 Å². The standard InChI is InChI=1S/C15H18FN3O/c1-18-7-8-19(11-15(18)20)10-13-4-5-14(16)9-12(13)3-2-6-17/h4-5,9H,6-8,10-11,17H2,1H3. The summed E-state index contributed by atoms with van der Waals surface area (Å²) in [5.41, 5.74) is 6.92. The number of nitrogens with two attached hydrogens (primary N) is 1. The number of halogens is 1. The highest BCUT2D eigenvalue weighted by molar-refractivity contribution is 5.78. The maximum atomic E-state index is 13.3. The van der Waals surface area contributed by atoms with E-state index in [2.05, 4.69) is 11.8 Å². The first-order chi connectivity index (χ1) is 9.60. The molecule has 4 nitrogen and oxygen atoms in total. The van der Waals surface area contributed by atoms with Crippen molar-refractivity contribution in [3.8, 4) is 11.8 Å². The molecule has 0 unspecified atom stereocenters. The fourth-order valence-electron chi connectivity index (χ4n) is 2.13. The first-order valence-corrected chi connectivity index (χ1v) is 6.54. The van der Waals surface area contributed by atoms with Gasteiger partial charge in [-0.25, -0.2) is 4.39 Å². The topological polar surface area (TPSA) is 49.6 Å². The van der Waals surface area contributed by atoms with Gasteiger partial charge in [0.25, 0.3) is 0 Å². The number of amides is 1. The molecular weight excluding hydrogens is 257 g/mol. The van der Waals surface area contributed by atoms with Crippen LogP contribution in [0.15, 0.2) is 18.2 Å². The summed E-state index contributed by atoms with van der Waals surface area (Å²) in [5.74, 6) is 5.42. The minimum atomic E-state index is -0.315. The fraction of sp³-hybridized carbons (Fsp3) is 0.400. The van der Waals surface area contributed by atoms with Gasteiger partial charge in [0.15, 0.2) is 0 Å². The number of nitrogens with zero attached hydrogens (tertiary/aromatic N) is 2. The minimum absolute atomic E-state index is 0.105. The average Bonchev–Trinajstić information content (AvgIpc) is 2.43. The Morgan fingerprint density at radius 2 is 2.20 bits per heavy atom. The molecule has 0 radical (unpaired) electrons. The van der Waals surface area contributed by atoms with Crippen LogP contribution < -0.4 is 5.73 Å². The molecule has 1 aromatic carbocycles. The fourth-order valence-corrected chi connectivity index (χ4v) is 2.13. The number of carbonyl (C=O) groups is 1. The van der Waals surface area contributed by atoms with Crippen molar-refractivity contribution in [3.63, 3.8) is 0 Å². The van der Waals surface area contributed by atoms with Crippen LogP contribution in [0.2, 0.25) is 0 Å². The average molecular weight is 275 g/mol. The predicted octanol–water partition coefficient (Wildman–Crippen LogP) is 0.410. The Bertz CT molecular complexity index is 562. The molecule has 2 N–H and O–H groups in total. The van der Waals surface area contributed by atoms with Crippen LogP contribution in [-0.4, -0.2) is 48.9 Å². The Hall–Kier alpha value is -1.90. The second-order valence-electron chi connectivity index (χ2n) is 4.83. The monoisotopic (exact) mass is 275 g/mol. The van der Waals surface area contributed by atoms with Crippen LogP contribution in [0.1, 0.15) is 11.1 Å². The van der Waals surface area contributed by atoms with Crippen LogP contribution in [0.4, 0.5) is 4.39 Å². The van der Waals surface area contributed by atoms with E-state index in [9.17, 15) is 9.18 Å². The van der Waals surface area contributed by atoms with Gasteiger partial charge in [0, 0.05) is 32.2 Å². The molecule has 1 amide bonds. The number of likely N-dealkylation sites (N-methyl/N-ethyl adjacent to an activating group) is 1. The third kappa shape index (κ3) is 3.56. The number of carbonyl (C=O) groups excluding carboxylic acids is 1. The van der Waals surface area contributed by atoms with Crippen molar-refractivity contribution in [2.24, 2.45) is 5.73 Å². The van der Waals surface area contributed by atoms with Crippen LogP contribution in [0.25, 0.3) is 0 Å². The lowest BCUT2D eigenvalue weighted by Gasteiger charge is -2.32. The van der Waals surface area contributed by atoms with Gasteiger partial charge in [-0.15, -0.1) is 0 Å². The Morgan fingerprint density at radius 3 is 2.90 bits per heavy atom. The van der Waals surface area contributed by atoms with E-state index in [4.69, 9.17) is 5.73 Å². The lowest BCUT2D eigenvalue weighted by Crippen LogP contribution is -2.48. The van der Waals surface area contributed by atoms with Gasteiger partial charge in [-0.2, -0.15) is 0 Å². The Balaban J connectivity index is 2.14. The van der Waals surface area contributed by atoms with Crippen molar-refractivity contribution in [3.05, 3.63) is 35.1 Å². The zero-order chi connectivity index (χ0) is 14.5. The van der Waals surface area contributed by atoms with E-state index >= 15 is 0 Å². The first-order valence-electron chi connectivity index (χ1n) is 6.54. The molecule has 1 aromatic rings. The van der Waals surface area contributed by atoms with Crippen molar-refractivity contribution in [2.75, 3.05) is 33.2 Å². The number of rotatable bonds is 2. The van der Waals surface area contributed by atoms with E-state index in [1.165, 1.54) is 12.1 Å². The largest absolute Gasteiger partial charge is 0.343 e. The van der Waals surface area contributed by atoms with Crippen LogP contribution in [0.3, 0.4) is 0 Å². The van der Waals surface area contributed by atoms with Gasteiger partial charge in [-0.05, 0) is 17.7 Å². The maximum absolute atomic E-state index is 13.3. The molecule has 1 aliphatic rings. The molecule has 2 rings (SSSR count). The summed E-state index contributed by atoms with van der Waals surface area (Å²) in [6.07, 6.45) is 0. The summed E-state index contributed by atoms with van der Waals surface area (Å²) in [5, 5.41) is 0. The number of hydrogen-bond acceptors (Lipinski definition) is 3. The molecule has 1 aliphatic heterocycles. The summed E-state index contributed by atoms with van der Waals surface area (Å²) in [6, 6.07) is 4.55. The third-order valence-electron chi connectivity index (χ3n) is 3.33. The molecule has 1 saturated heterocycles. The number of piperazine rings is 1. The molecule has 0 bridgehead atoms. The summed E-state index contributed by atoms with van der Waals surface area (Å²) < 4.78 is 13.3. The minimum Gasteiger partial charge on any atom is -0.343 e. The van der Waals surface area contributed by atoms with E-state index < -0.39 is 0 Å². The third-order valence-corrected chi connectivity index (χ3v) is 3.33. The Morgan fingerprint density at radius 1 is 1.40 bits per heavy atom. The molecule has 106 valence electrons. The lowest BCUT2D eigenvalue weighted by molar-refractivity contribution is -0.134. The number of benzene rings is 1. The van der Waals surface area contributed by atoms with Crippen LogP contribution in [0.5, 0.6) is 0 Å². The molecule has 0 saturated carbocycles. The molecule has 20 heavy (non-hydrogen) atoms. The van der Waals surface area contributed by atoms with E-state index in [0.717, 1.165) is 12.1 Å². The highest BCUT2D eigenvalue weighted by Crippen LogP contribution is 2.14. The van der Waals surface area contributed by atoms with Gasteiger partial charge < -0.3 is 10.6 Å². The van der Waals surface area contributed by atoms with Crippen molar-refractivity contribution in [1.82, 2.24) is 9.80 Å². The Labute approximate surface area is 118 Å². The first kappa shape index (κ1) is 14.5. The highest BCUT2D eigenvalue weighted by Gasteiger charge is 2.21. The second kappa shape index (κ2) is 6.51. The molecule has 0 atom stereocenters. The summed E-state index contributed by atoms with van der Waals surface area (Å²) in [6.45, 7) is 2.74. The lowest BCUT2D eigenvalue weighted by atomic mass is 10.1. The van der Waals surface area contributed by atoms with E-state index in [0.29, 0.717) is 25.2 Å². The van der Waals surface area contributed by atoms with Crippen LogP contribution >= 0.6 is 0 Å². The van der Waals surface area contributed by atoms with Gasteiger partial charge in [0.1, 0.15) is 5.82 Å². The summed E-state index contributed by atoms with van der Waals surface area (Å²) in [7, 11) is 1.80. The van der Waals surface area contributed by atoms with E-state index in [1.807, 2.05) is 4.90 Å². The predicted molar refractivity (Wildman–Crippen MR) is 75.2 cm³/mol. The smallest absolute Gasteiger partial charge is 0.236 e. The molecular formula is C15H18FN3O. The van der Waals surface area contributed by atoms with E-state index in [-0.39, 0.29) is 18.3 Å². The van der Waals surface area contributed by atoms with E-state index in [1.54, 1.807) is 18.0 Å². The quantitative estimate of drug-likeness (QED) is 0.795. The molecule has 5 heteroatoms. The highest BCUT2D eigenvalue weighted by atomic mass is 19.1. The molecule has 1 fully saturated rings. The van der Waals surface area contributed by atoms with Crippen LogP contribution in [-0.2, 0) is 11.3 Å². The van der Waals surface area contributed by atoms with Gasteiger partial charge in [-0.1, -0.05) is 17.9 Å². The van der Waals surface area contributed by atoms with Crippen molar-refractivity contribution in [2.45, 2.75) is 6.54 Å². The summed E-state index contributed by atoms with van der Waals surface area (Å²) in [4.78, 5) is 15.4. The molecule has 0 aromatic heterocycles. The Kier molecular flexibility index (Phi) is 4.72. The summed E-state index contributed by atoms with van der Waals surface area (Å²) >= 11 is 0. The van der Waals surface area contributed by atoms with Crippen molar-refractivity contribution < 1.29 is 9.18 Å².